The Morgan fingerprint density at radius 2 is 2.38 bits per heavy atom. The van der Waals surface area contributed by atoms with Crippen molar-refractivity contribution >= 4 is 17.7 Å². The maximum absolute atomic E-state index is 8.35. The second-order valence-electron chi connectivity index (χ2n) is 1.21. The van der Waals surface area contributed by atoms with Crippen molar-refractivity contribution in [2.75, 3.05) is 12.5 Å². The molecule has 8 heavy (non-hydrogen) atoms. The van der Waals surface area contributed by atoms with Gasteiger partial charge in [-0.25, -0.2) is 10.2 Å². The molecule has 1 atom stereocenters. The lowest BCUT2D eigenvalue weighted by molar-refractivity contribution is 0.425. The van der Waals surface area contributed by atoms with Crippen molar-refractivity contribution in [2.45, 2.75) is 6.10 Å². The topological polar surface area (TPSA) is 53.5 Å². The Hall–Kier alpha value is -0.370. The van der Waals surface area contributed by atoms with Crippen molar-refractivity contribution in [2.24, 2.45) is 0 Å². The molecule has 1 fully saturated rings. The first-order chi connectivity index (χ1) is 3.85. The number of ether oxygens (including phenoxy) is 1. The van der Waals surface area contributed by atoms with E-state index in [4.69, 9.17) is 26.5 Å². The highest BCUT2D eigenvalue weighted by Crippen LogP contribution is 2.08. The third kappa shape index (κ3) is 5.63. The molecule has 1 unspecified atom stereocenters. The van der Waals surface area contributed by atoms with Gasteiger partial charge in [-0.3, -0.25) is 0 Å². The van der Waals surface area contributed by atoms with E-state index in [0.717, 1.165) is 12.7 Å². The van der Waals surface area contributed by atoms with Crippen molar-refractivity contribution in [3.63, 3.8) is 0 Å². The van der Waals surface area contributed by atoms with Gasteiger partial charge < -0.3 is 4.74 Å². The van der Waals surface area contributed by atoms with E-state index in [9.17, 15) is 0 Å². The van der Waals surface area contributed by atoms with E-state index in [1.165, 1.54) is 0 Å². The molecule has 1 aliphatic rings. The van der Waals surface area contributed by atoms with Crippen LogP contribution in [0, 0.1) is 5.41 Å². The highest BCUT2D eigenvalue weighted by molar-refractivity contribution is 6.18. The molecular weight excluding hydrogens is 130 g/mol. The van der Waals surface area contributed by atoms with Crippen LogP contribution in [0.3, 0.4) is 0 Å². The van der Waals surface area contributed by atoms with Crippen LogP contribution in [0.25, 0.3) is 0 Å². The molecule has 0 bridgehead atoms. The van der Waals surface area contributed by atoms with E-state index in [1.54, 1.807) is 0 Å². The fourth-order valence-electron chi connectivity index (χ4n) is 0.157. The molecule has 0 aromatic heterocycles. The van der Waals surface area contributed by atoms with Gasteiger partial charge in [-0.2, -0.15) is 0 Å². The first kappa shape index (κ1) is 7.63. The van der Waals surface area contributed by atoms with Crippen molar-refractivity contribution in [1.82, 2.24) is 0 Å². The number of hydrogen-bond donors (Lipinski definition) is 1. The summed E-state index contributed by atoms with van der Waals surface area (Å²) < 4.78 is 4.73. The molecule has 0 spiro atoms. The van der Waals surface area contributed by atoms with Gasteiger partial charge in [-0.05, 0) is 0 Å². The summed E-state index contributed by atoms with van der Waals surface area (Å²) in [6.07, 6.45) is 1.15. The van der Waals surface area contributed by atoms with E-state index in [1.807, 2.05) is 0 Å². The summed E-state index contributed by atoms with van der Waals surface area (Å²) in [4.78, 5) is 8.35. The Morgan fingerprint density at radius 1 is 2.00 bits per heavy atom. The van der Waals surface area contributed by atoms with Crippen molar-refractivity contribution < 1.29 is 9.53 Å². The van der Waals surface area contributed by atoms with Crippen molar-refractivity contribution in [3.8, 4) is 0 Å². The van der Waals surface area contributed by atoms with Crippen LogP contribution in [0.2, 0.25) is 0 Å². The van der Waals surface area contributed by atoms with Gasteiger partial charge >= 0.3 is 0 Å². The normalized spacial score (nSPS) is 22.4. The molecular formula is C4H6ClNO2. The number of hydrogen-bond acceptors (Lipinski definition) is 3. The third-order valence-electron chi connectivity index (χ3n) is 0.574. The van der Waals surface area contributed by atoms with Gasteiger partial charge in [0.15, 0.2) is 0 Å². The summed E-state index contributed by atoms with van der Waals surface area (Å²) in [5.41, 5.74) is 0. The maximum Gasteiger partial charge on any atom is 0.231 e. The van der Waals surface area contributed by atoms with Crippen LogP contribution in [0.5, 0.6) is 0 Å². The van der Waals surface area contributed by atoms with Crippen molar-refractivity contribution in [1.29, 1.82) is 5.41 Å². The molecule has 0 aliphatic carbocycles. The first-order valence-corrected chi connectivity index (χ1v) is 2.60. The minimum absolute atomic E-state index is 0.400. The van der Waals surface area contributed by atoms with Crippen LogP contribution in [0.1, 0.15) is 0 Å². The number of halogens is 1. The van der Waals surface area contributed by atoms with Crippen LogP contribution in [-0.4, -0.2) is 24.7 Å². The van der Waals surface area contributed by atoms with Crippen LogP contribution < -0.4 is 0 Å². The van der Waals surface area contributed by atoms with Gasteiger partial charge in [0.2, 0.25) is 6.08 Å². The highest BCUT2D eigenvalue weighted by atomic mass is 35.5. The Kier molecular flexibility index (Phi) is 4.56. The number of nitrogens with one attached hydrogen (secondary N) is 1. The SMILES string of the molecule is ClCC1CO1.N=C=O. The molecule has 0 radical (unpaired) electrons. The minimum Gasteiger partial charge on any atom is -0.372 e. The molecule has 0 aromatic rings. The summed E-state index contributed by atoms with van der Waals surface area (Å²) in [6.45, 7) is 0.878. The Balaban J connectivity index is 0.000000145. The lowest BCUT2D eigenvalue weighted by atomic mass is 10.6. The molecule has 1 N–H and O–H groups in total. The second kappa shape index (κ2) is 4.78. The lowest BCUT2D eigenvalue weighted by Gasteiger charge is -1.67. The fourth-order valence-corrected chi connectivity index (χ4v) is 0.335. The average Bonchev–Trinajstić information content (AvgIpc) is 2.48. The van der Waals surface area contributed by atoms with E-state index in [0.29, 0.717) is 12.0 Å². The molecule has 1 heterocycles. The smallest absolute Gasteiger partial charge is 0.231 e. The van der Waals surface area contributed by atoms with Gasteiger partial charge in [0.1, 0.15) is 0 Å². The zero-order valence-corrected chi connectivity index (χ0v) is 4.94. The number of rotatable bonds is 1. The van der Waals surface area contributed by atoms with Crippen LogP contribution in [-0.2, 0) is 9.53 Å². The standard InChI is InChI=1S/C3H5ClO.CHNO/c4-1-3-2-5-3;2-1-3/h3H,1-2H2;2H. The zero-order valence-electron chi connectivity index (χ0n) is 4.19. The first-order valence-electron chi connectivity index (χ1n) is 2.06. The minimum atomic E-state index is 0.400. The average molecular weight is 136 g/mol. The Labute approximate surface area is 52.1 Å². The third-order valence-corrected chi connectivity index (χ3v) is 0.919. The lowest BCUT2D eigenvalue weighted by Crippen LogP contribution is -1.80. The summed E-state index contributed by atoms with van der Waals surface area (Å²) in [5.74, 6) is 0.667. The number of epoxide rings is 1. The van der Waals surface area contributed by atoms with Gasteiger partial charge in [-0.1, -0.05) is 0 Å². The van der Waals surface area contributed by atoms with E-state index >= 15 is 0 Å². The Morgan fingerprint density at radius 3 is 2.38 bits per heavy atom. The molecule has 1 saturated heterocycles. The fraction of sp³-hybridized carbons (Fsp3) is 0.750. The largest absolute Gasteiger partial charge is 0.372 e. The summed E-state index contributed by atoms with van der Waals surface area (Å²) in [6, 6.07) is 0. The summed E-state index contributed by atoms with van der Waals surface area (Å²) in [7, 11) is 0. The number of carbonyl (C=O) groups excluding carboxylic acids is 1. The highest BCUT2D eigenvalue weighted by Gasteiger charge is 2.19. The summed E-state index contributed by atoms with van der Waals surface area (Å²) in [5, 5.41) is 5.40. The predicted molar refractivity (Wildman–Crippen MR) is 28.9 cm³/mol. The molecule has 0 aromatic carbocycles. The second-order valence-corrected chi connectivity index (χ2v) is 1.52. The monoisotopic (exact) mass is 135 g/mol. The molecule has 0 saturated carbocycles. The van der Waals surface area contributed by atoms with Crippen LogP contribution >= 0.6 is 11.6 Å². The van der Waals surface area contributed by atoms with Gasteiger partial charge in [0, 0.05) is 0 Å². The Bertz CT molecular complexity index is 86.0. The van der Waals surface area contributed by atoms with Gasteiger partial charge in [0.05, 0.1) is 18.6 Å². The van der Waals surface area contributed by atoms with Crippen LogP contribution in [0.4, 0.5) is 0 Å². The van der Waals surface area contributed by atoms with Gasteiger partial charge in [-0.15, -0.1) is 11.6 Å². The van der Waals surface area contributed by atoms with E-state index in [2.05, 4.69) is 0 Å². The summed E-state index contributed by atoms with van der Waals surface area (Å²) >= 11 is 5.27. The molecule has 1 rings (SSSR count). The van der Waals surface area contributed by atoms with Crippen LogP contribution in [0.15, 0.2) is 0 Å². The van der Waals surface area contributed by atoms with Crippen molar-refractivity contribution in [3.05, 3.63) is 0 Å². The molecule has 46 valence electrons. The maximum atomic E-state index is 8.35. The molecule has 0 amide bonds. The van der Waals surface area contributed by atoms with Gasteiger partial charge in [0.25, 0.3) is 0 Å². The van der Waals surface area contributed by atoms with E-state index in [-0.39, 0.29) is 0 Å². The number of isocyanates is 1. The number of alkyl halides is 1. The zero-order chi connectivity index (χ0) is 6.41. The van der Waals surface area contributed by atoms with E-state index < -0.39 is 0 Å². The molecule has 1 aliphatic heterocycles. The molecule has 4 heteroatoms. The predicted octanol–water partition coefficient (Wildman–Crippen LogP) is 0.525. The molecule has 3 nitrogen and oxygen atoms in total. The quantitative estimate of drug-likeness (QED) is 0.247.